The molecule has 0 aliphatic heterocycles. The molecule has 12 heteroatoms. The molecule has 2 aromatic carbocycles. The number of benzene rings is 2. The number of sulfone groups is 1. The lowest BCUT2D eigenvalue weighted by molar-refractivity contribution is 0.0687. The van der Waals surface area contributed by atoms with Crippen LogP contribution in [0.25, 0.3) is 16.6 Å². The Morgan fingerprint density at radius 2 is 1.80 bits per heavy atom. The molecule has 154 valence electrons. The normalized spacial score (nSPS) is 12.1. The minimum atomic E-state index is -3.82. The van der Waals surface area contributed by atoms with Gasteiger partial charge in [-0.15, -0.1) is 0 Å². The summed E-state index contributed by atoms with van der Waals surface area (Å²) in [5.74, 6) is -1.13. The van der Waals surface area contributed by atoms with Crippen molar-refractivity contribution in [3.63, 3.8) is 0 Å². The Hall–Kier alpha value is -2.28. The zero-order valence-electron chi connectivity index (χ0n) is 16.0. The molecular formula is C18H17BN2O6P2S. The van der Waals surface area contributed by atoms with Crippen LogP contribution in [-0.4, -0.2) is 48.4 Å². The van der Waals surface area contributed by atoms with Crippen molar-refractivity contribution in [2.24, 2.45) is 0 Å². The summed E-state index contributed by atoms with van der Waals surface area (Å²) < 4.78 is 31.5. The second kappa shape index (κ2) is 7.76. The third-order valence-corrected chi connectivity index (χ3v) is 5.66. The van der Waals surface area contributed by atoms with E-state index in [2.05, 4.69) is 23.6 Å². The third-order valence-electron chi connectivity index (χ3n) is 4.15. The van der Waals surface area contributed by atoms with Gasteiger partial charge in [-0.25, -0.2) is 17.9 Å². The van der Waals surface area contributed by atoms with Gasteiger partial charge in [0.05, 0.1) is 26.5 Å². The van der Waals surface area contributed by atoms with Crippen LogP contribution in [0.15, 0.2) is 46.1 Å². The summed E-state index contributed by atoms with van der Waals surface area (Å²) in [4.78, 5) is 23.2. The van der Waals surface area contributed by atoms with E-state index >= 15 is 0 Å². The average molecular weight is 462 g/mol. The number of ether oxygens (including phenoxy) is 1. The van der Waals surface area contributed by atoms with Gasteiger partial charge in [-0.2, -0.15) is 5.10 Å². The number of aromatic nitrogens is 2. The smallest absolute Gasteiger partial charge is 0.360 e. The van der Waals surface area contributed by atoms with Crippen molar-refractivity contribution in [2.75, 3.05) is 6.26 Å². The van der Waals surface area contributed by atoms with Crippen molar-refractivity contribution < 1.29 is 23.1 Å². The van der Waals surface area contributed by atoms with Gasteiger partial charge < -0.3 is 9.84 Å². The molecule has 0 saturated heterocycles. The molecule has 0 saturated carbocycles. The molecule has 0 aliphatic rings. The highest BCUT2D eigenvalue weighted by molar-refractivity contribution is 7.91. The summed E-state index contributed by atoms with van der Waals surface area (Å²) in [5.41, 5.74) is -0.852. The van der Waals surface area contributed by atoms with Gasteiger partial charge in [0, 0.05) is 6.26 Å². The van der Waals surface area contributed by atoms with Crippen LogP contribution in [0.2, 0.25) is 0 Å². The van der Waals surface area contributed by atoms with Crippen LogP contribution in [0.5, 0.6) is 5.75 Å². The van der Waals surface area contributed by atoms with E-state index < -0.39 is 31.9 Å². The molecule has 2 atom stereocenters. The summed E-state index contributed by atoms with van der Waals surface area (Å²) in [5, 5.41) is 13.2. The minimum Gasteiger partial charge on any atom is -0.490 e. The maximum Gasteiger partial charge on any atom is 0.360 e. The summed E-state index contributed by atoms with van der Waals surface area (Å²) in [6, 6.07) is 9.41. The molecule has 0 aliphatic carbocycles. The maximum absolute atomic E-state index is 12.8. The Morgan fingerprint density at radius 1 is 1.20 bits per heavy atom. The van der Waals surface area contributed by atoms with E-state index in [-0.39, 0.29) is 15.8 Å². The molecule has 2 unspecified atom stereocenters. The zero-order chi connectivity index (χ0) is 22.4. The molecule has 8 nitrogen and oxygen atoms in total. The first-order valence-electron chi connectivity index (χ1n) is 8.45. The summed E-state index contributed by atoms with van der Waals surface area (Å²) in [7, 11) is 6.55. The second-order valence-electron chi connectivity index (χ2n) is 6.72. The predicted molar refractivity (Wildman–Crippen MR) is 121 cm³/mol. The van der Waals surface area contributed by atoms with Crippen LogP contribution < -0.4 is 10.2 Å². The standard InChI is InChI=1S/C18H17BN2O6P2S/c1-9-3-8-12-13(16(9)30(2,25)26)15(22)14(17(23)24)20-21(12)10-4-6-11(7-5-10)27-18(19,28)29/h3-8H,28-29H2,1-2H3,(H,23,24). The van der Waals surface area contributed by atoms with Crippen molar-refractivity contribution in [2.45, 2.75) is 16.8 Å². The molecule has 3 aromatic rings. The van der Waals surface area contributed by atoms with E-state index in [0.29, 0.717) is 17.0 Å². The largest absolute Gasteiger partial charge is 0.490 e. The van der Waals surface area contributed by atoms with Crippen LogP contribution in [-0.2, 0) is 9.84 Å². The number of rotatable bonds is 5. The van der Waals surface area contributed by atoms with Crippen molar-refractivity contribution >= 4 is 53.0 Å². The van der Waals surface area contributed by atoms with Crippen LogP contribution in [0.1, 0.15) is 16.1 Å². The topological polar surface area (TPSA) is 116 Å². The van der Waals surface area contributed by atoms with E-state index in [4.69, 9.17) is 12.6 Å². The highest BCUT2D eigenvalue weighted by atomic mass is 32.2. The molecule has 0 amide bonds. The Labute approximate surface area is 178 Å². The maximum atomic E-state index is 12.8. The summed E-state index contributed by atoms with van der Waals surface area (Å²) in [6.45, 7) is 1.54. The number of carbonyl (C=O) groups is 1. The fraction of sp³-hybridized carbons (Fsp3) is 0.167. The van der Waals surface area contributed by atoms with E-state index in [0.717, 1.165) is 6.26 Å². The van der Waals surface area contributed by atoms with E-state index in [9.17, 15) is 23.1 Å². The number of nitrogens with zero attached hydrogens (tertiary/aromatic N) is 2. The van der Waals surface area contributed by atoms with E-state index in [1.807, 2.05) is 0 Å². The van der Waals surface area contributed by atoms with Gasteiger partial charge in [0.15, 0.2) is 9.84 Å². The first-order valence-corrected chi connectivity index (χ1v) is 11.5. The number of hydrogen-bond acceptors (Lipinski definition) is 6. The van der Waals surface area contributed by atoms with Gasteiger partial charge in [-0.1, -0.05) is 24.5 Å². The van der Waals surface area contributed by atoms with E-state index in [1.165, 1.54) is 17.7 Å². The molecule has 1 N–H and O–H groups in total. The minimum absolute atomic E-state index is 0.162. The van der Waals surface area contributed by atoms with Gasteiger partial charge in [0.1, 0.15) is 13.6 Å². The zero-order valence-corrected chi connectivity index (χ0v) is 19.1. The molecule has 2 radical (unpaired) electrons. The van der Waals surface area contributed by atoms with Crippen LogP contribution >= 0.6 is 18.5 Å². The Balaban J connectivity index is 2.37. The highest BCUT2D eigenvalue weighted by Gasteiger charge is 2.24. The lowest BCUT2D eigenvalue weighted by Crippen LogP contribution is -2.24. The van der Waals surface area contributed by atoms with Crippen molar-refractivity contribution in [1.29, 1.82) is 0 Å². The van der Waals surface area contributed by atoms with Crippen LogP contribution in [0, 0.1) is 6.92 Å². The Bertz CT molecular complexity index is 1330. The fourth-order valence-corrected chi connectivity index (χ4v) is 4.56. The van der Waals surface area contributed by atoms with Gasteiger partial charge in [-0.05, 0) is 42.8 Å². The van der Waals surface area contributed by atoms with Gasteiger partial charge in [-0.3, -0.25) is 4.79 Å². The number of hydrogen-bond donors (Lipinski definition) is 1. The van der Waals surface area contributed by atoms with Crippen molar-refractivity contribution in [1.82, 2.24) is 9.78 Å². The molecule has 0 bridgehead atoms. The first kappa shape index (κ1) is 22.4. The second-order valence-corrected chi connectivity index (χ2v) is 11.1. The molecule has 1 aromatic heterocycles. The summed E-state index contributed by atoms with van der Waals surface area (Å²) >= 11 is 0. The number of aryl methyl sites for hydroxylation is 1. The molecule has 1 heterocycles. The number of carboxylic acid groups (broad SMARTS) is 1. The quantitative estimate of drug-likeness (QED) is 0.454. The van der Waals surface area contributed by atoms with Gasteiger partial charge >= 0.3 is 5.97 Å². The van der Waals surface area contributed by atoms with Crippen LogP contribution in [0.3, 0.4) is 0 Å². The first-order chi connectivity index (χ1) is 13.8. The Kier molecular flexibility index (Phi) is 5.80. The van der Waals surface area contributed by atoms with Crippen LogP contribution in [0.4, 0.5) is 0 Å². The molecule has 0 fully saturated rings. The van der Waals surface area contributed by atoms with E-state index in [1.54, 1.807) is 30.3 Å². The lowest BCUT2D eigenvalue weighted by atomic mass is 10.1. The Morgan fingerprint density at radius 3 is 2.30 bits per heavy atom. The van der Waals surface area contributed by atoms with Gasteiger partial charge in [0.25, 0.3) is 0 Å². The highest BCUT2D eigenvalue weighted by Crippen LogP contribution is 2.29. The number of fused-ring (bicyclic) bond motifs is 1. The third kappa shape index (κ3) is 4.41. The molecule has 30 heavy (non-hydrogen) atoms. The summed E-state index contributed by atoms with van der Waals surface area (Å²) in [6.07, 6.45) is 0.968. The molecule has 3 rings (SSSR count). The fourth-order valence-electron chi connectivity index (χ4n) is 3.06. The monoisotopic (exact) mass is 462 g/mol. The predicted octanol–water partition coefficient (Wildman–Crippen LogP) is 1.70. The average Bonchev–Trinajstić information content (AvgIpc) is 2.60. The van der Waals surface area contributed by atoms with Crippen molar-refractivity contribution in [3.8, 4) is 11.4 Å². The molecular weight excluding hydrogens is 445 g/mol. The lowest BCUT2D eigenvalue weighted by Gasteiger charge is -2.22. The SMILES string of the molecule is [B]C(P)(P)Oc1ccc(-n2nc(C(=O)O)c(=O)c3c(S(C)(=O)=O)c(C)ccc32)cc1. The number of carboxylic acids is 1. The van der Waals surface area contributed by atoms with Gasteiger partial charge in [0.2, 0.25) is 11.1 Å². The van der Waals surface area contributed by atoms with Crippen molar-refractivity contribution in [3.05, 3.63) is 57.9 Å². The molecule has 0 spiro atoms. The number of aromatic carboxylic acids is 1.